The summed E-state index contributed by atoms with van der Waals surface area (Å²) in [5, 5.41) is 3.33. The van der Waals surface area contributed by atoms with E-state index >= 15 is 0 Å². The maximum absolute atomic E-state index is 13.8. The van der Waals surface area contributed by atoms with Gasteiger partial charge >= 0.3 is 7.60 Å². The van der Waals surface area contributed by atoms with E-state index in [0.29, 0.717) is 0 Å². The molecule has 0 aliphatic rings. The van der Waals surface area contributed by atoms with E-state index in [-0.39, 0.29) is 12.2 Å². The van der Waals surface area contributed by atoms with E-state index in [0.717, 1.165) is 21.5 Å². The Balaban J connectivity index is 2.45. The second-order valence-electron chi connectivity index (χ2n) is 6.68. The van der Waals surface area contributed by atoms with Crippen molar-refractivity contribution in [2.24, 2.45) is 0 Å². The third-order valence-corrected chi connectivity index (χ3v) is 6.63. The molecule has 0 aromatic heterocycles. The predicted octanol–water partition coefficient (Wildman–Crippen LogP) is 6.61. The molecule has 2 rings (SSSR count). The molecular weight excluding hydrogens is 429 g/mol. The molecule has 0 fully saturated rings. The average Bonchev–Trinajstić information content (AvgIpc) is 2.59. The van der Waals surface area contributed by atoms with Crippen LogP contribution in [0.4, 0.5) is 5.69 Å². The van der Waals surface area contributed by atoms with Crippen LogP contribution in [-0.4, -0.2) is 19.3 Å². The Morgan fingerprint density at radius 1 is 0.889 bits per heavy atom. The largest absolute Gasteiger partial charge is 0.497 e. The minimum absolute atomic E-state index is 0.245. The minimum atomic E-state index is -3.52. The fraction of sp³-hybridized carbons (Fsp3) is 0.400. The molecule has 2 aromatic rings. The highest BCUT2D eigenvalue weighted by Crippen LogP contribution is 2.62. The minimum Gasteiger partial charge on any atom is -0.497 e. The van der Waals surface area contributed by atoms with Crippen LogP contribution in [0.15, 0.2) is 53.0 Å². The van der Waals surface area contributed by atoms with Crippen LogP contribution < -0.4 is 10.1 Å². The highest BCUT2D eigenvalue weighted by Gasteiger charge is 2.39. The quantitative estimate of drug-likeness (QED) is 0.431. The molecule has 27 heavy (non-hydrogen) atoms. The first-order chi connectivity index (χ1) is 12.7. The van der Waals surface area contributed by atoms with Crippen molar-refractivity contribution in [1.82, 2.24) is 0 Å². The van der Waals surface area contributed by atoms with Gasteiger partial charge in [-0.1, -0.05) is 28.1 Å². The van der Waals surface area contributed by atoms with Crippen molar-refractivity contribution in [3.8, 4) is 5.75 Å². The summed E-state index contributed by atoms with van der Waals surface area (Å²) in [6.07, 6.45) is -0.490. The van der Waals surface area contributed by atoms with Gasteiger partial charge in [0.05, 0.1) is 19.3 Å². The van der Waals surface area contributed by atoms with Crippen LogP contribution in [0.5, 0.6) is 5.75 Å². The molecule has 0 spiro atoms. The number of methoxy groups -OCH3 is 1. The number of rotatable bonds is 9. The van der Waals surface area contributed by atoms with Crippen LogP contribution in [0.3, 0.4) is 0 Å². The topological polar surface area (TPSA) is 56.8 Å². The van der Waals surface area contributed by atoms with Gasteiger partial charge in [0.15, 0.2) is 5.78 Å². The Morgan fingerprint density at radius 2 is 1.41 bits per heavy atom. The number of hydrogen-bond acceptors (Lipinski definition) is 5. The monoisotopic (exact) mass is 455 g/mol. The fourth-order valence-electron chi connectivity index (χ4n) is 2.57. The summed E-state index contributed by atoms with van der Waals surface area (Å²) in [6.45, 7) is 7.40. The van der Waals surface area contributed by atoms with Crippen molar-refractivity contribution < 1.29 is 18.3 Å². The van der Waals surface area contributed by atoms with Gasteiger partial charge in [0.1, 0.15) is 5.75 Å². The first-order valence-corrected chi connectivity index (χ1v) is 11.3. The van der Waals surface area contributed by atoms with Crippen molar-refractivity contribution in [1.29, 1.82) is 0 Å². The Morgan fingerprint density at radius 3 is 1.85 bits per heavy atom. The van der Waals surface area contributed by atoms with Gasteiger partial charge < -0.3 is 19.1 Å². The average molecular weight is 456 g/mol. The number of halogens is 1. The molecule has 0 bridgehead atoms. The second kappa shape index (κ2) is 9.74. The van der Waals surface area contributed by atoms with Gasteiger partial charge in [-0.25, -0.2) is 0 Å². The van der Waals surface area contributed by atoms with E-state index in [2.05, 4.69) is 21.2 Å². The summed E-state index contributed by atoms with van der Waals surface area (Å²) in [6, 6.07) is 15.1. The van der Waals surface area contributed by atoms with E-state index in [4.69, 9.17) is 13.8 Å². The summed E-state index contributed by atoms with van der Waals surface area (Å²) < 4.78 is 31.6. The summed E-state index contributed by atoms with van der Waals surface area (Å²) in [7, 11) is -1.90. The zero-order valence-electron chi connectivity index (χ0n) is 16.3. The molecule has 1 N–H and O–H groups in total. The third-order valence-electron chi connectivity index (χ3n) is 3.61. The molecule has 5 nitrogen and oxygen atoms in total. The molecule has 0 aliphatic heterocycles. The summed E-state index contributed by atoms with van der Waals surface area (Å²) in [5.74, 6) is 0.101. The van der Waals surface area contributed by atoms with Crippen molar-refractivity contribution in [3.05, 3.63) is 58.6 Å². The van der Waals surface area contributed by atoms with Gasteiger partial charge in [-0.15, -0.1) is 0 Å². The molecule has 0 amide bonds. The van der Waals surface area contributed by atoms with Crippen LogP contribution in [0.1, 0.15) is 39.0 Å². The van der Waals surface area contributed by atoms with E-state index in [9.17, 15) is 4.57 Å². The molecule has 0 aliphatic carbocycles. The number of benzene rings is 2. The van der Waals surface area contributed by atoms with Gasteiger partial charge in [-0.2, -0.15) is 0 Å². The molecule has 0 unspecified atom stereocenters. The third kappa shape index (κ3) is 6.35. The SMILES string of the molecule is COc1ccc(N[C@H](c2ccc(Br)cc2)P(=O)(OC(C)C)OC(C)C)cc1. The summed E-state index contributed by atoms with van der Waals surface area (Å²) in [5.41, 5.74) is 1.61. The van der Waals surface area contributed by atoms with Crippen LogP contribution in [0, 0.1) is 0 Å². The highest BCUT2D eigenvalue weighted by atomic mass is 79.9. The fourth-order valence-corrected chi connectivity index (χ4v) is 5.15. The summed E-state index contributed by atoms with van der Waals surface area (Å²) >= 11 is 3.44. The van der Waals surface area contributed by atoms with Gasteiger partial charge in [-0.3, -0.25) is 4.57 Å². The van der Waals surface area contributed by atoms with Gasteiger partial charge in [-0.05, 0) is 69.7 Å². The van der Waals surface area contributed by atoms with E-state index < -0.39 is 13.4 Å². The molecular formula is C20H27BrNO4P. The molecule has 0 saturated carbocycles. The Labute approximate surface area is 170 Å². The smallest absolute Gasteiger partial charge is 0.357 e. The number of anilines is 1. The van der Waals surface area contributed by atoms with Gasteiger partial charge in [0, 0.05) is 10.2 Å². The van der Waals surface area contributed by atoms with Crippen molar-refractivity contribution >= 4 is 29.2 Å². The highest BCUT2D eigenvalue weighted by molar-refractivity contribution is 9.10. The molecule has 2 aromatic carbocycles. The molecule has 0 heterocycles. The lowest BCUT2D eigenvalue weighted by Crippen LogP contribution is -2.19. The standard InChI is InChI=1S/C20H27BrNO4P/c1-14(2)25-27(23,26-15(3)4)20(16-6-8-17(21)9-7-16)22-18-10-12-19(24-5)13-11-18/h6-15,20,22H,1-5H3/t20-/m0/s1. The number of nitrogens with one attached hydrogen (secondary N) is 1. The van der Waals surface area contributed by atoms with Crippen LogP contribution >= 0.6 is 23.5 Å². The zero-order valence-corrected chi connectivity index (χ0v) is 18.8. The molecule has 148 valence electrons. The Kier molecular flexibility index (Phi) is 7.92. The van der Waals surface area contributed by atoms with Crippen molar-refractivity contribution in [2.75, 3.05) is 12.4 Å². The number of ether oxygens (including phenoxy) is 1. The summed E-state index contributed by atoms with van der Waals surface area (Å²) in [4.78, 5) is 0. The normalized spacial score (nSPS) is 13.0. The lowest BCUT2D eigenvalue weighted by molar-refractivity contribution is 0.138. The van der Waals surface area contributed by atoms with E-state index in [1.165, 1.54) is 0 Å². The lowest BCUT2D eigenvalue weighted by atomic mass is 10.2. The van der Waals surface area contributed by atoms with Crippen molar-refractivity contribution in [2.45, 2.75) is 45.7 Å². The maximum atomic E-state index is 13.8. The zero-order chi connectivity index (χ0) is 20.0. The van der Waals surface area contributed by atoms with Crippen molar-refractivity contribution in [3.63, 3.8) is 0 Å². The van der Waals surface area contributed by atoms with E-state index in [1.807, 2.05) is 76.2 Å². The first kappa shape index (κ1) is 22.0. The Bertz CT molecular complexity index is 749. The van der Waals surface area contributed by atoms with Gasteiger partial charge in [0.2, 0.25) is 0 Å². The molecule has 7 heteroatoms. The van der Waals surface area contributed by atoms with Crippen LogP contribution in [0.25, 0.3) is 0 Å². The van der Waals surface area contributed by atoms with E-state index in [1.54, 1.807) is 7.11 Å². The second-order valence-corrected chi connectivity index (χ2v) is 9.61. The van der Waals surface area contributed by atoms with Crippen LogP contribution in [0.2, 0.25) is 0 Å². The number of hydrogen-bond donors (Lipinski definition) is 1. The lowest BCUT2D eigenvalue weighted by Gasteiger charge is -2.31. The first-order valence-electron chi connectivity index (χ1n) is 8.86. The molecule has 1 atom stereocenters. The maximum Gasteiger partial charge on any atom is 0.357 e. The predicted molar refractivity (Wildman–Crippen MR) is 114 cm³/mol. The van der Waals surface area contributed by atoms with Gasteiger partial charge in [0.25, 0.3) is 0 Å². The molecule has 0 radical (unpaired) electrons. The molecule has 0 saturated heterocycles. The Hall–Kier alpha value is -1.33. The van der Waals surface area contributed by atoms with Crippen LogP contribution in [-0.2, 0) is 13.6 Å².